The van der Waals surface area contributed by atoms with Crippen molar-refractivity contribution in [3.8, 4) is 0 Å². The van der Waals surface area contributed by atoms with Crippen molar-refractivity contribution in [3.63, 3.8) is 0 Å². The topological polar surface area (TPSA) is 95.9 Å². The summed E-state index contributed by atoms with van der Waals surface area (Å²) in [5.74, 6) is -1.56. The second-order valence-corrected chi connectivity index (χ2v) is 6.04. The van der Waals surface area contributed by atoms with Crippen molar-refractivity contribution in [2.45, 2.75) is 12.5 Å². The molecule has 7 nitrogen and oxygen atoms in total. The summed E-state index contributed by atoms with van der Waals surface area (Å²) in [4.78, 5) is 36.3. The molecule has 23 heavy (non-hydrogen) atoms. The zero-order chi connectivity index (χ0) is 16.8. The number of benzene rings is 1. The molecule has 1 fully saturated rings. The highest BCUT2D eigenvalue weighted by Gasteiger charge is 2.26. The van der Waals surface area contributed by atoms with Crippen LogP contribution < -0.4 is 5.32 Å². The van der Waals surface area contributed by atoms with E-state index in [4.69, 9.17) is 9.84 Å². The lowest BCUT2D eigenvalue weighted by Gasteiger charge is -2.32. The van der Waals surface area contributed by atoms with Gasteiger partial charge in [-0.25, -0.2) is 0 Å². The van der Waals surface area contributed by atoms with Gasteiger partial charge >= 0.3 is 5.97 Å². The predicted octanol–water partition coefficient (Wildman–Crippen LogP) is 0.881. The van der Waals surface area contributed by atoms with Crippen molar-refractivity contribution in [2.24, 2.45) is 0 Å². The average Bonchev–Trinajstić information content (AvgIpc) is 2.52. The predicted molar refractivity (Wildman–Crippen MR) is 85.0 cm³/mol. The van der Waals surface area contributed by atoms with Crippen LogP contribution >= 0.6 is 15.9 Å². The minimum absolute atomic E-state index is 0.134. The first-order valence-corrected chi connectivity index (χ1v) is 7.90. The fourth-order valence-electron chi connectivity index (χ4n) is 2.26. The summed E-state index contributed by atoms with van der Waals surface area (Å²) in [6.45, 7) is 0.772. The Morgan fingerprint density at radius 3 is 2.87 bits per heavy atom. The number of morpholine rings is 1. The van der Waals surface area contributed by atoms with Crippen LogP contribution in [0.2, 0.25) is 0 Å². The molecule has 1 heterocycles. The molecule has 0 aliphatic carbocycles. The Balaban J connectivity index is 1.84. The van der Waals surface area contributed by atoms with Gasteiger partial charge in [-0.15, -0.1) is 0 Å². The minimum Gasteiger partial charge on any atom is -0.481 e. The quantitative estimate of drug-likeness (QED) is 0.785. The van der Waals surface area contributed by atoms with Gasteiger partial charge < -0.3 is 20.1 Å². The number of carbonyl (C=O) groups is 3. The van der Waals surface area contributed by atoms with Gasteiger partial charge in [0.1, 0.15) is 0 Å². The maximum Gasteiger partial charge on any atom is 0.306 e. The van der Waals surface area contributed by atoms with Crippen molar-refractivity contribution in [1.82, 2.24) is 10.2 Å². The van der Waals surface area contributed by atoms with Gasteiger partial charge in [-0.1, -0.05) is 22.0 Å². The van der Waals surface area contributed by atoms with Crippen LogP contribution in [0.4, 0.5) is 0 Å². The number of nitrogens with zero attached hydrogens (tertiary/aromatic N) is 1. The molecular weight excluding hydrogens is 368 g/mol. The third-order valence-electron chi connectivity index (χ3n) is 3.38. The van der Waals surface area contributed by atoms with Crippen LogP contribution in [-0.4, -0.2) is 60.1 Å². The molecule has 2 amide bonds. The van der Waals surface area contributed by atoms with Crippen LogP contribution in [0, 0.1) is 0 Å². The summed E-state index contributed by atoms with van der Waals surface area (Å²) < 4.78 is 6.09. The van der Waals surface area contributed by atoms with Gasteiger partial charge in [0, 0.05) is 23.1 Å². The van der Waals surface area contributed by atoms with Crippen molar-refractivity contribution in [3.05, 3.63) is 34.3 Å². The van der Waals surface area contributed by atoms with Crippen LogP contribution in [0.25, 0.3) is 0 Å². The first-order chi connectivity index (χ1) is 11.0. The number of nitrogens with one attached hydrogen (secondary N) is 1. The summed E-state index contributed by atoms with van der Waals surface area (Å²) in [6.07, 6.45) is -0.653. The van der Waals surface area contributed by atoms with Crippen molar-refractivity contribution < 1.29 is 24.2 Å². The molecule has 1 aliphatic rings. The normalized spacial score (nSPS) is 17.6. The number of aliphatic carboxylic acids is 1. The lowest BCUT2D eigenvalue weighted by molar-refractivity contribution is -0.147. The van der Waals surface area contributed by atoms with Crippen molar-refractivity contribution in [2.75, 3.05) is 26.2 Å². The van der Waals surface area contributed by atoms with E-state index in [1.807, 2.05) is 0 Å². The fourth-order valence-corrected chi connectivity index (χ4v) is 2.66. The molecule has 1 saturated heterocycles. The lowest BCUT2D eigenvalue weighted by Crippen LogP contribution is -2.49. The van der Waals surface area contributed by atoms with Crippen LogP contribution in [0.3, 0.4) is 0 Å². The van der Waals surface area contributed by atoms with E-state index >= 15 is 0 Å². The smallest absolute Gasteiger partial charge is 0.306 e. The average molecular weight is 385 g/mol. The molecule has 1 aromatic rings. The zero-order valence-corrected chi connectivity index (χ0v) is 13.9. The Bertz CT molecular complexity index is 607. The summed E-state index contributed by atoms with van der Waals surface area (Å²) >= 11 is 3.28. The van der Waals surface area contributed by atoms with Crippen LogP contribution in [0.5, 0.6) is 0 Å². The first-order valence-electron chi connectivity index (χ1n) is 7.10. The first kappa shape index (κ1) is 17.4. The van der Waals surface area contributed by atoms with Gasteiger partial charge in [0.25, 0.3) is 5.91 Å². The molecule has 2 N–H and O–H groups in total. The van der Waals surface area contributed by atoms with Crippen LogP contribution in [0.15, 0.2) is 28.7 Å². The second-order valence-electron chi connectivity index (χ2n) is 5.12. The molecule has 124 valence electrons. The Kier molecular flexibility index (Phi) is 6.12. The van der Waals surface area contributed by atoms with E-state index in [1.54, 1.807) is 24.3 Å². The summed E-state index contributed by atoms with van der Waals surface area (Å²) in [5.41, 5.74) is 0.456. The van der Waals surface area contributed by atoms with E-state index in [1.165, 1.54) is 4.90 Å². The highest BCUT2D eigenvalue weighted by molar-refractivity contribution is 9.10. The van der Waals surface area contributed by atoms with Crippen LogP contribution in [-0.2, 0) is 14.3 Å². The lowest BCUT2D eigenvalue weighted by atomic mass is 10.2. The van der Waals surface area contributed by atoms with Gasteiger partial charge in [0.2, 0.25) is 5.91 Å². The largest absolute Gasteiger partial charge is 0.481 e. The van der Waals surface area contributed by atoms with Crippen LogP contribution in [0.1, 0.15) is 16.8 Å². The third-order valence-corrected chi connectivity index (χ3v) is 3.87. The van der Waals surface area contributed by atoms with E-state index in [0.717, 1.165) is 4.47 Å². The Hall–Kier alpha value is -1.93. The number of ether oxygens (including phenoxy) is 1. The molecule has 0 radical (unpaired) electrons. The van der Waals surface area contributed by atoms with Gasteiger partial charge in [-0.2, -0.15) is 0 Å². The second kappa shape index (κ2) is 8.07. The number of carbonyl (C=O) groups excluding carboxylic acids is 2. The van der Waals surface area contributed by atoms with E-state index < -0.39 is 12.1 Å². The van der Waals surface area contributed by atoms with Crippen molar-refractivity contribution >= 4 is 33.7 Å². The van der Waals surface area contributed by atoms with E-state index in [9.17, 15) is 14.4 Å². The maximum absolute atomic E-state index is 12.1. The highest BCUT2D eigenvalue weighted by Crippen LogP contribution is 2.12. The van der Waals surface area contributed by atoms with E-state index in [-0.39, 0.29) is 31.3 Å². The standard InChI is InChI=1S/C15H17BrN2O5/c16-11-3-1-2-10(6-11)15(22)17-8-13(19)18-4-5-23-12(9-18)7-14(20)21/h1-3,6,12H,4-5,7-9H2,(H,17,22)(H,20,21). The summed E-state index contributed by atoms with van der Waals surface area (Å²) in [5, 5.41) is 11.3. The Labute approximate surface area is 141 Å². The number of hydrogen-bond donors (Lipinski definition) is 2. The molecule has 0 spiro atoms. The summed E-state index contributed by atoms with van der Waals surface area (Å²) in [7, 11) is 0. The van der Waals surface area contributed by atoms with E-state index in [0.29, 0.717) is 18.7 Å². The SMILES string of the molecule is O=C(O)CC1CN(C(=O)CNC(=O)c2cccc(Br)c2)CCO1. The third kappa shape index (κ3) is 5.33. The Morgan fingerprint density at radius 2 is 2.17 bits per heavy atom. The van der Waals surface area contributed by atoms with Gasteiger partial charge in [-0.05, 0) is 18.2 Å². The van der Waals surface area contributed by atoms with Gasteiger partial charge in [-0.3, -0.25) is 14.4 Å². The molecule has 1 aliphatic heterocycles. The molecular formula is C15H17BrN2O5. The molecule has 0 saturated carbocycles. The fraction of sp³-hybridized carbons (Fsp3) is 0.400. The molecule has 1 atom stereocenters. The minimum atomic E-state index is -0.966. The number of rotatable bonds is 5. The van der Waals surface area contributed by atoms with Crippen molar-refractivity contribution in [1.29, 1.82) is 0 Å². The number of carboxylic acid groups (broad SMARTS) is 1. The summed E-state index contributed by atoms with van der Waals surface area (Å²) in [6, 6.07) is 6.86. The molecule has 1 aromatic carbocycles. The van der Waals surface area contributed by atoms with Gasteiger partial charge in [0.05, 0.1) is 25.7 Å². The monoisotopic (exact) mass is 384 g/mol. The number of halogens is 1. The molecule has 2 rings (SSSR count). The number of carboxylic acids is 1. The maximum atomic E-state index is 12.1. The molecule has 0 aromatic heterocycles. The highest BCUT2D eigenvalue weighted by atomic mass is 79.9. The molecule has 1 unspecified atom stereocenters. The zero-order valence-electron chi connectivity index (χ0n) is 12.3. The molecule has 0 bridgehead atoms. The molecule has 8 heteroatoms. The Morgan fingerprint density at radius 1 is 1.39 bits per heavy atom. The number of amides is 2. The van der Waals surface area contributed by atoms with Gasteiger partial charge in [0.15, 0.2) is 0 Å². The van der Waals surface area contributed by atoms with E-state index in [2.05, 4.69) is 21.2 Å². The number of hydrogen-bond acceptors (Lipinski definition) is 4.